The van der Waals surface area contributed by atoms with Crippen molar-refractivity contribution >= 4 is 27.7 Å². The molecule has 0 aliphatic carbocycles. The van der Waals surface area contributed by atoms with Crippen molar-refractivity contribution in [3.8, 4) is 0 Å². The van der Waals surface area contributed by atoms with E-state index in [0.29, 0.717) is 12.2 Å². The van der Waals surface area contributed by atoms with Crippen molar-refractivity contribution in [1.82, 2.24) is 0 Å². The quantitative estimate of drug-likeness (QED) is 0.597. The smallest absolute Gasteiger partial charge is 0.306 e. The van der Waals surface area contributed by atoms with E-state index in [9.17, 15) is 9.59 Å². The third-order valence-electron chi connectivity index (χ3n) is 2.20. The van der Waals surface area contributed by atoms with Crippen molar-refractivity contribution in [1.29, 1.82) is 0 Å². The van der Waals surface area contributed by atoms with E-state index < -0.39 is 0 Å². The van der Waals surface area contributed by atoms with Gasteiger partial charge in [-0.05, 0) is 12.5 Å². The first kappa shape index (κ1) is 13.9. The van der Waals surface area contributed by atoms with E-state index in [0.717, 1.165) is 10.9 Å². The second kappa shape index (κ2) is 7.22. The molecule has 1 aromatic rings. The maximum Gasteiger partial charge on any atom is 0.306 e. The lowest BCUT2D eigenvalue weighted by Crippen LogP contribution is -2.09. The van der Waals surface area contributed by atoms with Crippen LogP contribution < -0.4 is 0 Å². The molecule has 0 fully saturated rings. The molecule has 0 amide bonds. The molecule has 92 valence electrons. The van der Waals surface area contributed by atoms with E-state index in [4.69, 9.17) is 4.74 Å². The van der Waals surface area contributed by atoms with Crippen molar-refractivity contribution in [2.45, 2.75) is 26.2 Å². The van der Waals surface area contributed by atoms with Gasteiger partial charge in [-0.1, -0.05) is 41.1 Å². The van der Waals surface area contributed by atoms with E-state index in [-0.39, 0.29) is 24.6 Å². The summed E-state index contributed by atoms with van der Waals surface area (Å²) in [6, 6.07) is 7.19. The summed E-state index contributed by atoms with van der Waals surface area (Å²) in [5.74, 6) is -0.363. The Hall–Kier alpha value is -1.16. The van der Waals surface area contributed by atoms with Gasteiger partial charge >= 0.3 is 5.97 Å². The third kappa shape index (κ3) is 4.69. The first-order valence-electron chi connectivity index (χ1n) is 5.58. The van der Waals surface area contributed by atoms with Crippen LogP contribution in [0, 0.1) is 0 Å². The van der Waals surface area contributed by atoms with Crippen molar-refractivity contribution in [3.63, 3.8) is 0 Å². The maximum absolute atomic E-state index is 11.8. The summed E-state index contributed by atoms with van der Waals surface area (Å²) in [6.07, 6.45) is 1.12. The number of benzene rings is 1. The fourth-order valence-electron chi connectivity index (χ4n) is 1.33. The summed E-state index contributed by atoms with van der Waals surface area (Å²) >= 11 is 3.31. The zero-order chi connectivity index (χ0) is 12.7. The standard InChI is InChI=1S/C13H15BrO3/c1-2-9-17-13(16)8-7-12(15)10-5-3-4-6-11(10)14/h3-6H,2,7-9H2,1H3. The number of Topliss-reactive ketones (excluding diaryl/α,β-unsaturated/α-hetero) is 1. The predicted octanol–water partition coefficient (Wildman–Crippen LogP) is 3.37. The highest BCUT2D eigenvalue weighted by atomic mass is 79.9. The van der Waals surface area contributed by atoms with Gasteiger partial charge in [-0.2, -0.15) is 0 Å². The van der Waals surface area contributed by atoms with Gasteiger partial charge in [-0.15, -0.1) is 0 Å². The van der Waals surface area contributed by atoms with Gasteiger partial charge in [0.2, 0.25) is 0 Å². The lowest BCUT2D eigenvalue weighted by atomic mass is 10.1. The number of ketones is 1. The SMILES string of the molecule is CCCOC(=O)CCC(=O)c1ccccc1Br. The van der Waals surface area contributed by atoms with Gasteiger partial charge < -0.3 is 4.74 Å². The Labute approximate surface area is 109 Å². The topological polar surface area (TPSA) is 43.4 Å². The van der Waals surface area contributed by atoms with E-state index in [1.54, 1.807) is 12.1 Å². The minimum absolute atomic E-state index is 0.0501. The molecule has 4 heteroatoms. The number of halogens is 1. The molecule has 0 atom stereocenters. The molecule has 1 aromatic carbocycles. The lowest BCUT2D eigenvalue weighted by molar-refractivity contribution is -0.143. The van der Waals surface area contributed by atoms with Gasteiger partial charge in [-0.3, -0.25) is 9.59 Å². The highest BCUT2D eigenvalue weighted by molar-refractivity contribution is 9.10. The number of rotatable bonds is 6. The maximum atomic E-state index is 11.8. The van der Waals surface area contributed by atoms with Crippen LogP contribution in [0.15, 0.2) is 28.7 Å². The van der Waals surface area contributed by atoms with E-state index in [2.05, 4.69) is 15.9 Å². The Bertz CT molecular complexity index is 401. The number of hydrogen-bond donors (Lipinski definition) is 0. The molecule has 0 saturated heterocycles. The van der Waals surface area contributed by atoms with Crippen LogP contribution in [0.3, 0.4) is 0 Å². The lowest BCUT2D eigenvalue weighted by Gasteiger charge is -2.04. The van der Waals surface area contributed by atoms with Crippen LogP contribution >= 0.6 is 15.9 Å². The summed E-state index contributed by atoms with van der Waals surface area (Å²) in [4.78, 5) is 23.0. The van der Waals surface area contributed by atoms with Gasteiger partial charge in [0.05, 0.1) is 13.0 Å². The molecule has 3 nitrogen and oxygen atoms in total. The first-order chi connectivity index (χ1) is 8.15. The second-order valence-electron chi connectivity index (χ2n) is 3.62. The second-order valence-corrected chi connectivity index (χ2v) is 4.48. The molecular weight excluding hydrogens is 284 g/mol. The van der Waals surface area contributed by atoms with Crippen LogP contribution in [-0.2, 0) is 9.53 Å². The number of hydrogen-bond acceptors (Lipinski definition) is 3. The molecule has 0 N–H and O–H groups in total. The molecule has 0 heterocycles. The molecule has 0 unspecified atom stereocenters. The minimum atomic E-state index is -0.313. The first-order valence-corrected chi connectivity index (χ1v) is 6.37. The zero-order valence-corrected chi connectivity index (χ0v) is 11.3. The number of ether oxygens (including phenoxy) is 1. The number of carbonyl (C=O) groups excluding carboxylic acids is 2. The van der Waals surface area contributed by atoms with Crippen molar-refractivity contribution in [2.75, 3.05) is 6.61 Å². The highest BCUT2D eigenvalue weighted by Gasteiger charge is 2.12. The monoisotopic (exact) mass is 298 g/mol. The van der Waals surface area contributed by atoms with Gasteiger partial charge in [-0.25, -0.2) is 0 Å². The molecule has 0 spiro atoms. The van der Waals surface area contributed by atoms with Gasteiger partial charge in [0.1, 0.15) is 0 Å². The van der Waals surface area contributed by atoms with E-state index in [1.165, 1.54) is 0 Å². The number of carbonyl (C=O) groups is 2. The minimum Gasteiger partial charge on any atom is -0.466 e. The summed E-state index contributed by atoms with van der Waals surface area (Å²) in [5, 5.41) is 0. The molecule has 0 bridgehead atoms. The summed E-state index contributed by atoms with van der Waals surface area (Å²) in [7, 11) is 0. The Morgan fingerprint density at radius 2 is 1.94 bits per heavy atom. The van der Waals surface area contributed by atoms with Crippen LogP contribution in [0.1, 0.15) is 36.5 Å². The number of esters is 1. The van der Waals surface area contributed by atoms with Crippen molar-refractivity contribution < 1.29 is 14.3 Å². The molecule has 0 aromatic heterocycles. The normalized spacial score (nSPS) is 10.0. The zero-order valence-electron chi connectivity index (χ0n) is 9.74. The molecule has 0 saturated carbocycles. The van der Waals surface area contributed by atoms with Gasteiger partial charge in [0.25, 0.3) is 0 Å². The Morgan fingerprint density at radius 3 is 2.59 bits per heavy atom. The Kier molecular flexibility index (Phi) is 5.91. The summed E-state index contributed by atoms with van der Waals surface area (Å²) in [5.41, 5.74) is 0.607. The van der Waals surface area contributed by atoms with Gasteiger partial charge in [0.15, 0.2) is 5.78 Å². The molecule has 0 aliphatic heterocycles. The summed E-state index contributed by atoms with van der Waals surface area (Å²) < 4.78 is 5.66. The van der Waals surface area contributed by atoms with Crippen LogP contribution in [0.4, 0.5) is 0 Å². The third-order valence-corrected chi connectivity index (χ3v) is 2.89. The van der Waals surface area contributed by atoms with Crippen LogP contribution in [0.25, 0.3) is 0 Å². The van der Waals surface area contributed by atoms with Gasteiger partial charge in [0, 0.05) is 16.5 Å². The largest absolute Gasteiger partial charge is 0.466 e. The average Bonchev–Trinajstić information content (AvgIpc) is 2.34. The summed E-state index contributed by atoms with van der Waals surface area (Å²) in [6.45, 7) is 2.35. The molecule has 17 heavy (non-hydrogen) atoms. The van der Waals surface area contributed by atoms with E-state index in [1.807, 2.05) is 19.1 Å². The molecule has 0 radical (unpaired) electrons. The van der Waals surface area contributed by atoms with Crippen LogP contribution in [-0.4, -0.2) is 18.4 Å². The molecule has 0 aliphatic rings. The fraction of sp³-hybridized carbons (Fsp3) is 0.385. The fourth-order valence-corrected chi connectivity index (χ4v) is 1.83. The average molecular weight is 299 g/mol. The molecule has 1 rings (SSSR count). The molecular formula is C13H15BrO3. The van der Waals surface area contributed by atoms with Crippen LogP contribution in [0.5, 0.6) is 0 Å². The van der Waals surface area contributed by atoms with Crippen LogP contribution in [0.2, 0.25) is 0 Å². The Balaban J connectivity index is 2.45. The Morgan fingerprint density at radius 1 is 1.24 bits per heavy atom. The predicted molar refractivity (Wildman–Crippen MR) is 69.0 cm³/mol. The van der Waals surface area contributed by atoms with Crippen molar-refractivity contribution in [3.05, 3.63) is 34.3 Å². The van der Waals surface area contributed by atoms with E-state index >= 15 is 0 Å². The van der Waals surface area contributed by atoms with Crippen molar-refractivity contribution in [2.24, 2.45) is 0 Å². The highest BCUT2D eigenvalue weighted by Crippen LogP contribution is 2.18.